The maximum atomic E-state index is 14.2. The SMILES string of the molecule is C/N=C1\C(=C(/C)N)N(c2ccc(Oc3ccccc3)cc2C)C(=O)N1c1cccc(N(C)C(=O)/C=C/CN(C)C2CC2)c1. The summed E-state index contributed by atoms with van der Waals surface area (Å²) in [5, 5.41) is 0. The van der Waals surface area contributed by atoms with E-state index in [9.17, 15) is 9.59 Å². The van der Waals surface area contributed by atoms with Crippen LogP contribution in [-0.2, 0) is 4.79 Å². The van der Waals surface area contributed by atoms with Crippen LogP contribution in [0.2, 0.25) is 0 Å². The fraction of sp³-hybridized carbons (Fsp3) is 0.265. The molecule has 1 saturated carbocycles. The number of anilines is 3. The fourth-order valence-electron chi connectivity index (χ4n) is 5.14. The Labute approximate surface area is 253 Å². The highest BCUT2D eigenvalue weighted by Gasteiger charge is 2.42. The first-order valence-corrected chi connectivity index (χ1v) is 14.4. The summed E-state index contributed by atoms with van der Waals surface area (Å²) in [4.78, 5) is 38.5. The minimum atomic E-state index is -0.325. The van der Waals surface area contributed by atoms with Crippen LogP contribution < -0.4 is 25.2 Å². The van der Waals surface area contributed by atoms with E-state index in [0.717, 1.165) is 17.9 Å². The molecule has 3 amide bonds. The number of amides is 3. The Kier molecular flexibility index (Phi) is 8.63. The summed E-state index contributed by atoms with van der Waals surface area (Å²) >= 11 is 0. The number of para-hydroxylation sites is 1. The molecule has 0 spiro atoms. The highest BCUT2D eigenvalue weighted by Crippen LogP contribution is 2.38. The lowest BCUT2D eigenvalue weighted by atomic mass is 10.1. The van der Waals surface area contributed by atoms with Crippen LogP contribution in [0.4, 0.5) is 21.9 Å². The number of aliphatic imine (C=N–C) groups is 1. The summed E-state index contributed by atoms with van der Waals surface area (Å²) in [6, 6.07) is 22.7. The van der Waals surface area contributed by atoms with E-state index < -0.39 is 0 Å². The molecule has 1 aliphatic heterocycles. The molecule has 2 N–H and O–H groups in total. The second kappa shape index (κ2) is 12.5. The molecule has 2 fully saturated rings. The molecule has 0 aromatic heterocycles. The van der Waals surface area contributed by atoms with E-state index in [1.54, 1.807) is 36.9 Å². The van der Waals surface area contributed by atoms with Gasteiger partial charge in [0.25, 0.3) is 0 Å². The number of rotatable bonds is 9. The standard InChI is InChI=1S/C34H38N6O3/c1-23-21-29(43-28-13-7-6-8-14-28)18-19-30(23)40-32(24(2)35)33(36-3)39(34(40)42)27-12-9-11-26(22-27)38(5)31(41)15-10-20-37(4)25-16-17-25/h6-15,18-19,21-22,25H,16-17,20,35H2,1-5H3/b15-10+,32-24-,36-33+. The molecule has 1 saturated heterocycles. The van der Waals surface area contributed by atoms with Crippen molar-refractivity contribution in [2.45, 2.75) is 32.7 Å². The van der Waals surface area contributed by atoms with Gasteiger partial charge in [-0.2, -0.15) is 0 Å². The van der Waals surface area contributed by atoms with Crippen molar-refractivity contribution < 1.29 is 14.3 Å². The minimum Gasteiger partial charge on any atom is -0.457 e. The van der Waals surface area contributed by atoms with Gasteiger partial charge in [-0.3, -0.25) is 19.6 Å². The second-order valence-electron chi connectivity index (χ2n) is 10.9. The van der Waals surface area contributed by atoms with Gasteiger partial charge in [-0.1, -0.05) is 30.3 Å². The zero-order valence-electron chi connectivity index (χ0n) is 25.3. The zero-order chi connectivity index (χ0) is 30.7. The van der Waals surface area contributed by atoms with E-state index in [0.29, 0.717) is 46.1 Å². The number of allylic oxidation sites excluding steroid dienone is 1. The number of amidine groups is 1. The topological polar surface area (TPSA) is 94.7 Å². The lowest BCUT2D eigenvalue weighted by Gasteiger charge is -2.22. The summed E-state index contributed by atoms with van der Waals surface area (Å²) < 4.78 is 6.00. The number of aryl methyl sites for hydroxylation is 1. The number of hydrogen-bond acceptors (Lipinski definition) is 6. The summed E-state index contributed by atoms with van der Waals surface area (Å²) in [7, 11) is 5.43. The molecule has 2 aliphatic rings. The molecular formula is C34H38N6O3. The van der Waals surface area contributed by atoms with Crippen LogP contribution in [-0.4, -0.2) is 56.4 Å². The molecular weight excluding hydrogens is 540 g/mol. The molecule has 1 heterocycles. The van der Waals surface area contributed by atoms with Gasteiger partial charge in [0.1, 0.15) is 17.2 Å². The van der Waals surface area contributed by atoms with Gasteiger partial charge in [-0.15, -0.1) is 0 Å². The number of nitrogens with zero attached hydrogens (tertiary/aromatic N) is 5. The molecule has 9 nitrogen and oxygen atoms in total. The van der Waals surface area contributed by atoms with E-state index in [1.165, 1.54) is 17.7 Å². The number of urea groups is 1. The number of benzene rings is 3. The zero-order valence-corrected chi connectivity index (χ0v) is 25.3. The number of carbonyl (C=O) groups excluding carboxylic acids is 2. The van der Waals surface area contributed by atoms with Crippen molar-refractivity contribution in [3.8, 4) is 11.5 Å². The van der Waals surface area contributed by atoms with Crippen molar-refractivity contribution in [3.63, 3.8) is 0 Å². The van der Waals surface area contributed by atoms with Crippen molar-refractivity contribution in [1.29, 1.82) is 0 Å². The van der Waals surface area contributed by atoms with E-state index in [4.69, 9.17) is 10.5 Å². The molecule has 5 rings (SSSR count). The third-order valence-corrected chi connectivity index (χ3v) is 7.63. The van der Waals surface area contributed by atoms with Gasteiger partial charge in [0.05, 0.1) is 11.4 Å². The average molecular weight is 579 g/mol. The predicted octanol–water partition coefficient (Wildman–Crippen LogP) is 6.07. The largest absolute Gasteiger partial charge is 0.457 e. The van der Waals surface area contributed by atoms with Crippen LogP contribution in [0.1, 0.15) is 25.3 Å². The summed E-state index contributed by atoms with van der Waals surface area (Å²) in [6.07, 6.45) is 5.92. The van der Waals surface area contributed by atoms with Crippen LogP contribution in [0, 0.1) is 6.92 Å². The average Bonchev–Trinajstić information content (AvgIpc) is 3.81. The van der Waals surface area contributed by atoms with Gasteiger partial charge in [-0.25, -0.2) is 9.69 Å². The Balaban J connectivity index is 1.42. The summed E-state index contributed by atoms with van der Waals surface area (Å²) in [5.41, 5.74) is 10.0. The monoisotopic (exact) mass is 578 g/mol. The van der Waals surface area contributed by atoms with E-state index in [2.05, 4.69) is 16.9 Å². The molecule has 0 radical (unpaired) electrons. The van der Waals surface area contributed by atoms with Gasteiger partial charge in [-0.05, 0) is 87.8 Å². The van der Waals surface area contributed by atoms with Gasteiger partial charge >= 0.3 is 6.03 Å². The number of ether oxygens (including phenoxy) is 1. The van der Waals surface area contributed by atoms with Crippen LogP contribution in [0.5, 0.6) is 11.5 Å². The Morgan fingerprint density at radius 3 is 2.42 bits per heavy atom. The van der Waals surface area contributed by atoms with Gasteiger partial charge < -0.3 is 15.4 Å². The molecule has 43 heavy (non-hydrogen) atoms. The summed E-state index contributed by atoms with van der Waals surface area (Å²) in [5.74, 6) is 1.65. The number of likely N-dealkylation sites (N-methyl/N-ethyl adjacent to an activating group) is 2. The van der Waals surface area contributed by atoms with Crippen LogP contribution >= 0.6 is 0 Å². The fourth-order valence-corrected chi connectivity index (χ4v) is 5.14. The first-order chi connectivity index (χ1) is 20.7. The Morgan fingerprint density at radius 1 is 1.02 bits per heavy atom. The van der Waals surface area contributed by atoms with E-state index in [1.807, 2.05) is 85.8 Å². The molecule has 1 aliphatic carbocycles. The minimum absolute atomic E-state index is 0.146. The lowest BCUT2D eigenvalue weighted by Crippen LogP contribution is -2.33. The number of carbonyl (C=O) groups is 2. The van der Waals surface area contributed by atoms with E-state index >= 15 is 0 Å². The van der Waals surface area contributed by atoms with Crippen molar-refractivity contribution in [2.24, 2.45) is 10.7 Å². The first-order valence-electron chi connectivity index (χ1n) is 14.4. The predicted molar refractivity (Wildman–Crippen MR) is 173 cm³/mol. The third-order valence-electron chi connectivity index (χ3n) is 7.63. The van der Waals surface area contributed by atoms with Crippen molar-refractivity contribution in [1.82, 2.24) is 4.90 Å². The lowest BCUT2D eigenvalue weighted by molar-refractivity contribution is -0.113. The Bertz CT molecular complexity index is 1610. The summed E-state index contributed by atoms with van der Waals surface area (Å²) in [6.45, 7) is 4.40. The highest BCUT2D eigenvalue weighted by molar-refractivity contribution is 6.36. The molecule has 0 atom stereocenters. The molecule has 0 bridgehead atoms. The van der Waals surface area contributed by atoms with Crippen LogP contribution in [0.25, 0.3) is 0 Å². The van der Waals surface area contributed by atoms with E-state index in [-0.39, 0.29) is 11.9 Å². The highest BCUT2D eigenvalue weighted by atomic mass is 16.5. The maximum absolute atomic E-state index is 14.2. The molecule has 9 heteroatoms. The second-order valence-corrected chi connectivity index (χ2v) is 10.9. The van der Waals surface area contributed by atoms with Crippen LogP contribution in [0.3, 0.4) is 0 Å². The molecule has 3 aromatic rings. The maximum Gasteiger partial charge on any atom is 0.339 e. The number of hydrogen-bond donors (Lipinski definition) is 1. The van der Waals surface area contributed by atoms with Gasteiger partial charge in [0.15, 0.2) is 5.84 Å². The normalized spacial score (nSPS) is 17.3. The van der Waals surface area contributed by atoms with Gasteiger partial charge in [0.2, 0.25) is 5.91 Å². The molecule has 0 unspecified atom stereocenters. The smallest absolute Gasteiger partial charge is 0.339 e. The van der Waals surface area contributed by atoms with Crippen molar-refractivity contribution >= 4 is 34.8 Å². The Hall–Kier alpha value is -4.89. The quantitative estimate of drug-likeness (QED) is 0.311. The van der Waals surface area contributed by atoms with Gasteiger partial charge in [0, 0.05) is 44.1 Å². The Morgan fingerprint density at radius 2 is 1.77 bits per heavy atom. The van der Waals surface area contributed by atoms with Crippen LogP contribution in [0.15, 0.2) is 101 Å². The third kappa shape index (κ3) is 6.32. The molecule has 222 valence electrons. The number of nitrogens with two attached hydrogens (primary N) is 1. The van der Waals surface area contributed by atoms with Crippen molar-refractivity contribution in [3.05, 3.63) is 102 Å². The first kappa shape index (κ1) is 29.6. The van der Waals surface area contributed by atoms with Crippen molar-refractivity contribution in [2.75, 3.05) is 42.4 Å². The molecule has 3 aromatic carbocycles.